The third kappa shape index (κ3) is 2.45. The zero-order chi connectivity index (χ0) is 9.80. The van der Waals surface area contributed by atoms with E-state index in [-0.39, 0.29) is 0 Å². The second-order valence-electron chi connectivity index (χ2n) is 4.12. The van der Waals surface area contributed by atoms with Gasteiger partial charge in [-0.2, -0.15) is 0 Å². The van der Waals surface area contributed by atoms with Gasteiger partial charge < -0.3 is 14.8 Å². The van der Waals surface area contributed by atoms with Crippen LogP contribution in [0, 0.1) is 0 Å². The first-order valence-electron chi connectivity index (χ1n) is 5.46. The van der Waals surface area contributed by atoms with Crippen molar-refractivity contribution in [2.45, 2.75) is 18.5 Å². The largest absolute Gasteiger partial charge is 0.377 e. The molecule has 1 atom stereocenters. The molecule has 2 aliphatic heterocycles. The molecule has 1 N–H and O–H groups in total. The Kier molecular flexibility index (Phi) is 3.75. The van der Waals surface area contributed by atoms with Crippen molar-refractivity contribution in [3.63, 3.8) is 0 Å². The molecule has 0 radical (unpaired) electrons. The highest BCUT2D eigenvalue weighted by Crippen LogP contribution is 2.12. The Morgan fingerprint density at radius 1 is 1.14 bits per heavy atom. The lowest BCUT2D eigenvalue weighted by molar-refractivity contribution is 0.0657. The average molecular weight is 200 g/mol. The maximum atomic E-state index is 5.50. The molecule has 1 unspecified atom stereocenters. The molecule has 2 saturated heterocycles. The summed E-state index contributed by atoms with van der Waals surface area (Å²) < 4.78 is 11.0. The Balaban J connectivity index is 1.84. The predicted octanol–water partition coefficient (Wildman–Crippen LogP) is -0.304. The van der Waals surface area contributed by atoms with E-state index in [1.54, 1.807) is 0 Å². The fourth-order valence-corrected chi connectivity index (χ4v) is 2.13. The number of likely N-dealkylation sites (N-methyl/N-ethyl adjacent to an activating group) is 1. The Morgan fingerprint density at radius 2 is 1.86 bits per heavy atom. The Hall–Kier alpha value is -0.160. The van der Waals surface area contributed by atoms with Gasteiger partial charge >= 0.3 is 0 Å². The van der Waals surface area contributed by atoms with Gasteiger partial charge in [-0.15, -0.1) is 0 Å². The van der Waals surface area contributed by atoms with E-state index in [9.17, 15) is 0 Å². The zero-order valence-electron chi connectivity index (χ0n) is 8.87. The van der Waals surface area contributed by atoms with Crippen LogP contribution in [0.5, 0.6) is 0 Å². The Bertz CT molecular complexity index is 164. The van der Waals surface area contributed by atoms with Crippen LogP contribution in [0.2, 0.25) is 0 Å². The first-order chi connectivity index (χ1) is 6.88. The van der Waals surface area contributed by atoms with Crippen molar-refractivity contribution in [2.75, 3.05) is 46.6 Å². The fraction of sp³-hybridized carbons (Fsp3) is 1.00. The van der Waals surface area contributed by atoms with E-state index in [1.807, 2.05) is 0 Å². The van der Waals surface area contributed by atoms with E-state index < -0.39 is 0 Å². The second kappa shape index (κ2) is 5.07. The quantitative estimate of drug-likeness (QED) is 0.663. The van der Waals surface area contributed by atoms with Crippen molar-refractivity contribution in [2.24, 2.45) is 0 Å². The van der Waals surface area contributed by atoms with Gasteiger partial charge in [0, 0.05) is 12.6 Å². The molecule has 4 heteroatoms. The average Bonchev–Trinajstić information content (AvgIpc) is 2.59. The molecule has 2 heterocycles. The van der Waals surface area contributed by atoms with Crippen LogP contribution in [0.25, 0.3) is 0 Å². The fourth-order valence-electron chi connectivity index (χ4n) is 2.13. The van der Waals surface area contributed by atoms with Crippen molar-refractivity contribution in [3.05, 3.63) is 0 Å². The van der Waals surface area contributed by atoms with Crippen molar-refractivity contribution < 1.29 is 9.47 Å². The minimum absolute atomic E-state index is 0.433. The first-order valence-corrected chi connectivity index (χ1v) is 5.46. The van der Waals surface area contributed by atoms with Crippen molar-refractivity contribution in [1.82, 2.24) is 10.2 Å². The number of hydrogen-bond acceptors (Lipinski definition) is 4. The third-order valence-electron chi connectivity index (χ3n) is 3.18. The van der Waals surface area contributed by atoms with E-state index in [4.69, 9.17) is 9.47 Å². The summed E-state index contributed by atoms with van der Waals surface area (Å²) in [6.07, 6.45) is 1.24. The third-order valence-corrected chi connectivity index (χ3v) is 3.18. The van der Waals surface area contributed by atoms with Gasteiger partial charge in [0.25, 0.3) is 0 Å². The summed E-state index contributed by atoms with van der Waals surface area (Å²) >= 11 is 0. The number of hydrogen-bond donors (Lipinski definition) is 1. The van der Waals surface area contributed by atoms with Crippen LogP contribution < -0.4 is 5.32 Å². The van der Waals surface area contributed by atoms with Gasteiger partial charge in [0.2, 0.25) is 0 Å². The molecule has 2 aliphatic rings. The SMILES string of the molecule is CN(C1CCNC1)C1COCCOC1. The van der Waals surface area contributed by atoms with Gasteiger partial charge in [0.1, 0.15) is 0 Å². The van der Waals surface area contributed by atoms with Crippen LogP contribution in [0.3, 0.4) is 0 Å². The highest BCUT2D eigenvalue weighted by molar-refractivity contribution is 4.83. The molecule has 0 amide bonds. The molecule has 0 saturated carbocycles. The summed E-state index contributed by atoms with van der Waals surface area (Å²) in [5, 5.41) is 3.38. The molecule has 82 valence electrons. The second-order valence-corrected chi connectivity index (χ2v) is 4.12. The van der Waals surface area contributed by atoms with Crippen LogP contribution in [0.15, 0.2) is 0 Å². The normalized spacial score (nSPS) is 30.9. The monoisotopic (exact) mass is 200 g/mol. The lowest BCUT2D eigenvalue weighted by Gasteiger charge is -2.30. The van der Waals surface area contributed by atoms with Crippen LogP contribution in [-0.4, -0.2) is 63.5 Å². The molecule has 0 spiro atoms. The topological polar surface area (TPSA) is 33.7 Å². The lowest BCUT2D eigenvalue weighted by atomic mass is 10.2. The lowest BCUT2D eigenvalue weighted by Crippen LogP contribution is -2.45. The van der Waals surface area contributed by atoms with Gasteiger partial charge in [0.15, 0.2) is 0 Å². The number of nitrogens with one attached hydrogen (secondary N) is 1. The molecule has 0 aromatic carbocycles. The zero-order valence-corrected chi connectivity index (χ0v) is 8.87. The number of rotatable bonds is 2. The van der Waals surface area contributed by atoms with Gasteiger partial charge in [-0.05, 0) is 20.0 Å². The maximum Gasteiger partial charge on any atom is 0.0701 e. The number of ether oxygens (including phenoxy) is 2. The van der Waals surface area contributed by atoms with Crippen LogP contribution in [0.4, 0.5) is 0 Å². The maximum absolute atomic E-state index is 5.50. The Morgan fingerprint density at radius 3 is 2.43 bits per heavy atom. The molecule has 0 aromatic rings. The van der Waals surface area contributed by atoms with E-state index in [1.165, 1.54) is 6.42 Å². The molecule has 2 rings (SSSR count). The summed E-state index contributed by atoms with van der Waals surface area (Å²) in [6.45, 7) is 5.36. The predicted molar refractivity (Wildman–Crippen MR) is 54.5 cm³/mol. The summed E-state index contributed by atoms with van der Waals surface area (Å²) in [5.74, 6) is 0. The van der Waals surface area contributed by atoms with E-state index in [0.717, 1.165) is 39.5 Å². The minimum Gasteiger partial charge on any atom is -0.377 e. The van der Waals surface area contributed by atoms with E-state index in [0.29, 0.717) is 12.1 Å². The summed E-state index contributed by atoms with van der Waals surface area (Å²) in [4.78, 5) is 2.41. The van der Waals surface area contributed by atoms with Crippen LogP contribution in [-0.2, 0) is 9.47 Å². The van der Waals surface area contributed by atoms with Gasteiger partial charge in [-0.1, -0.05) is 0 Å². The molecular formula is C10H20N2O2. The van der Waals surface area contributed by atoms with E-state index >= 15 is 0 Å². The number of nitrogens with zero attached hydrogens (tertiary/aromatic N) is 1. The molecule has 14 heavy (non-hydrogen) atoms. The summed E-state index contributed by atoms with van der Waals surface area (Å²) in [6, 6.07) is 1.09. The molecule has 0 aliphatic carbocycles. The van der Waals surface area contributed by atoms with Gasteiger partial charge in [-0.3, -0.25) is 4.90 Å². The van der Waals surface area contributed by atoms with Crippen molar-refractivity contribution in [1.29, 1.82) is 0 Å². The molecule has 0 aromatic heterocycles. The highest BCUT2D eigenvalue weighted by Gasteiger charge is 2.26. The summed E-state index contributed by atoms with van der Waals surface area (Å²) in [5.41, 5.74) is 0. The first kappa shape index (κ1) is 10.4. The molecule has 2 fully saturated rings. The molecule has 4 nitrogen and oxygen atoms in total. The smallest absolute Gasteiger partial charge is 0.0701 e. The standard InChI is InChI=1S/C10H20N2O2/c1-12(9-2-3-11-6-9)10-7-13-4-5-14-8-10/h9-11H,2-8H2,1H3. The highest BCUT2D eigenvalue weighted by atomic mass is 16.5. The minimum atomic E-state index is 0.433. The van der Waals surface area contributed by atoms with E-state index in [2.05, 4.69) is 17.3 Å². The Labute approximate surface area is 85.5 Å². The van der Waals surface area contributed by atoms with Crippen LogP contribution in [0.1, 0.15) is 6.42 Å². The van der Waals surface area contributed by atoms with Gasteiger partial charge in [0.05, 0.1) is 32.5 Å². The summed E-state index contributed by atoms with van der Waals surface area (Å²) in [7, 11) is 2.18. The van der Waals surface area contributed by atoms with Crippen LogP contribution >= 0.6 is 0 Å². The molecular weight excluding hydrogens is 180 g/mol. The van der Waals surface area contributed by atoms with Gasteiger partial charge in [-0.25, -0.2) is 0 Å². The molecule has 0 bridgehead atoms. The van der Waals surface area contributed by atoms with Crippen molar-refractivity contribution >= 4 is 0 Å². The van der Waals surface area contributed by atoms with Crippen molar-refractivity contribution in [3.8, 4) is 0 Å².